The van der Waals surface area contributed by atoms with E-state index >= 15 is 0 Å². The maximum atomic E-state index is 9.87. The van der Waals surface area contributed by atoms with Crippen LogP contribution in [0.5, 0.6) is 0 Å². The average Bonchev–Trinajstić information content (AvgIpc) is 2.85. The Labute approximate surface area is 240 Å². The second-order valence-corrected chi connectivity index (χ2v) is 12.2. The van der Waals surface area contributed by atoms with Gasteiger partial charge in [-0.05, 0) is 31.3 Å². The van der Waals surface area contributed by atoms with Crippen LogP contribution in [0.25, 0.3) is 0 Å². The smallest absolute Gasteiger partial charge is 0.255 e. The molecule has 241 valence electrons. The van der Waals surface area contributed by atoms with Gasteiger partial charge in [0.05, 0.1) is 11.4 Å². The van der Waals surface area contributed by atoms with Crippen LogP contribution in [0.15, 0.2) is 48.8 Å². The molecule has 41 heavy (non-hydrogen) atoms. The molecule has 1 aliphatic heterocycles. The minimum absolute atomic E-state index is 0. The van der Waals surface area contributed by atoms with Crippen molar-refractivity contribution >= 4 is 15.6 Å². The van der Waals surface area contributed by atoms with E-state index in [2.05, 4.69) is 56.0 Å². The third-order valence-electron chi connectivity index (χ3n) is 4.55. The molecule has 0 unspecified atom stereocenters. The fourth-order valence-electron chi connectivity index (χ4n) is 3.00. The molecular formula is C19H29F12N5O2P2Ru+3. The van der Waals surface area contributed by atoms with Crippen LogP contribution >= 0.6 is 15.6 Å². The summed E-state index contributed by atoms with van der Waals surface area (Å²) in [6.45, 7) is 8.36. The molecule has 1 radical (unpaired) electrons. The Bertz CT molecular complexity index is 904. The Morgan fingerprint density at radius 2 is 0.854 bits per heavy atom. The molecule has 22 heteroatoms. The van der Waals surface area contributed by atoms with Crippen molar-refractivity contribution in [1.82, 2.24) is 24.7 Å². The Morgan fingerprint density at radius 3 is 1.10 bits per heavy atom. The molecule has 0 atom stereocenters. The molecule has 7 nitrogen and oxygen atoms in total. The SMILES string of the molecule is CN1CCN(Cc2ccccn2)CCN(Cc2ccccn2)CC1.F[P-](F)(F)(F)(F)F.F[P-](F)(F)(F)(F)F.OO.[Ru+5]. The second-order valence-electron chi connectivity index (χ2n) is 8.41. The number of rotatable bonds is 4. The number of hydrogen-bond acceptors (Lipinski definition) is 7. The number of likely N-dealkylation sites (N-methyl/N-ethyl adjacent to an activating group) is 1. The molecule has 2 N–H and O–H groups in total. The van der Waals surface area contributed by atoms with Crippen LogP contribution in [0.2, 0.25) is 0 Å². The zero-order chi connectivity index (χ0) is 31.4. The summed E-state index contributed by atoms with van der Waals surface area (Å²) in [4.78, 5) is 16.4. The van der Waals surface area contributed by atoms with Gasteiger partial charge in [-0.25, -0.2) is 0 Å². The average molecular weight is 750 g/mol. The summed E-state index contributed by atoms with van der Waals surface area (Å²) in [6, 6.07) is 12.3. The number of halogens is 12. The summed E-state index contributed by atoms with van der Waals surface area (Å²) < 4.78 is 118. The Hall–Kier alpha value is -1.26. The summed E-state index contributed by atoms with van der Waals surface area (Å²) in [7, 11) is -19.1. The maximum Gasteiger partial charge on any atom is 5.00 e. The van der Waals surface area contributed by atoms with E-state index < -0.39 is 15.6 Å². The van der Waals surface area contributed by atoms with Crippen LogP contribution in [0.3, 0.4) is 0 Å². The first kappa shape index (κ1) is 41.9. The molecule has 0 amide bonds. The fraction of sp³-hybridized carbons (Fsp3) is 0.474. The quantitative estimate of drug-likeness (QED) is 0.107. The molecule has 3 heterocycles. The number of hydrogen-bond donors (Lipinski definition) is 2. The van der Waals surface area contributed by atoms with Crippen molar-refractivity contribution < 1.29 is 80.4 Å². The third kappa shape index (κ3) is 36.7. The molecule has 3 rings (SSSR count). The summed E-state index contributed by atoms with van der Waals surface area (Å²) in [5.41, 5.74) is 2.30. The minimum Gasteiger partial charge on any atom is -0.255 e. The monoisotopic (exact) mass is 751 g/mol. The Kier molecular flexibility index (Phi) is 14.8. The van der Waals surface area contributed by atoms with Crippen molar-refractivity contribution in [2.24, 2.45) is 0 Å². The van der Waals surface area contributed by atoms with Crippen molar-refractivity contribution in [3.8, 4) is 0 Å². The zero-order valence-corrected chi connectivity index (χ0v) is 24.7. The molecule has 2 aromatic rings. The van der Waals surface area contributed by atoms with Gasteiger partial charge in [0.15, 0.2) is 0 Å². The number of pyridine rings is 2. The first-order valence-electron chi connectivity index (χ1n) is 11.0. The molecule has 1 aliphatic rings. The van der Waals surface area contributed by atoms with Gasteiger partial charge >= 0.3 is 85.5 Å². The van der Waals surface area contributed by atoms with Crippen molar-refractivity contribution in [3.63, 3.8) is 0 Å². The van der Waals surface area contributed by atoms with Crippen LogP contribution in [0.4, 0.5) is 50.4 Å². The van der Waals surface area contributed by atoms with Crippen LogP contribution in [0, 0.1) is 0 Å². The van der Waals surface area contributed by atoms with E-state index in [1.807, 2.05) is 24.5 Å². The first-order chi connectivity index (χ1) is 17.7. The van der Waals surface area contributed by atoms with Gasteiger partial charge in [0, 0.05) is 64.8 Å². The third-order valence-corrected chi connectivity index (χ3v) is 4.55. The van der Waals surface area contributed by atoms with Crippen LogP contribution in [-0.2, 0) is 32.6 Å². The van der Waals surface area contributed by atoms with E-state index in [4.69, 9.17) is 10.5 Å². The van der Waals surface area contributed by atoms with E-state index in [1.54, 1.807) is 0 Å². The van der Waals surface area contributed by atoms with E-state index in [0.717, 1.165) is 63.7 Å². The van der Waals surface area contributed by atoms with E-state index in [-0.39, 0.29) is 19.5 Å². The molecule has 1 saturated heterocycles. The van der Waals surface area contributed by atoms with Gasteiger partial charge in [0.25, 0.3) is 0 Å². The summed E-state index contributed by atoms with van der Waals surface area (Å²) >= 11 is 0. The Balaban J connectivity index is 0. The molecule has 0 saturated carbocycles. The van der Waals surface area contributed by atoms with Crippen LogP contribution in [-0.4, -0.2) is 81.5 Å². The minimum atomic E-state index is -10.7. The van der Waals surface area contributed by atoms with Gasteiger partial charge in [-0.15, -0.1) is 0 Å². The number of aromatic nitrogens is 2. The number of nitrogens with zero attached hydrogens (tertiary/aromatic N) is 5. The second kappa shape index (κ2) is 14.5. The summed E-state index contributed by atoms with van der Waals surface area (Å²) in [5.74, 6) is 0. The fourth-order valence-corrected chi connectivity index (χ4v) is 3.00. The molecule has 1 fully saturated rings. The van der Waals surface area contributed by atoms with Crippen LogP contribution in [0.1, 0.15) is 11.4 Å². The normalized spacial score (nSPS) is 19.0. The van der Waals surface area contributed by atoms with E-state index in [9.17, 15) is 50.4 Å². The predicted octanol–water partition coefficient (Wildman–Crippen LogP) is 8.51. The van der Waals surface area contributed by atoms with Crippen molar-refractivity contribution in [2.75, 3.05) is 46.3 Å². The summed E-state index contributed by atoms with van der Waals surface area (Å²) in [5, 5.41) is 12.0. The zero-order valence-electron chi connectivity index (χ0n) is 21.2. The standard InChI is InChI=1S/C19H27N5.2F6P.H2O2.Ru/c1-22-10-12-23(16-18-6-2-4-8-20-18)14-15-24(13-11-22)17-19-7-3-5-9-21-19;2*1-7(2,3,4,5)6;1-2;/h2-9H,10-17H2,1H3;;;1-2H;/q;2*-1;;+5. The first-order valence-corrected chi connectivity index (χ1v) is 15.0. The molecule has 0 aromatic carbocycles. The van der Waals surface area contributed by atoms with Gasteiger partial charge < -0.3 is 4.90 Å². The van der Waals surface area contributed by atoms with Gasteiger partial charge in [0.1, 0.15) is 0 Å². The van der Waals surface area contributed by atoms with Gasteiger partial charge in [-0.1, -0.05) is 12.1 Å². The van der Waals surface area contributed by atoms with Gasteiger partial charge in [0.2, 0.25) is 0 Å². The van der Waals surface area contributed by atoms with Gasteiger partial charge in [-0.3, -0.25) is 30.3 Å². The van der Waals surface area contributed by atoms with Crippen molar-refractivity contribution in [1.29, 1.82) is 0 Å². The largest absolute Gasteiger partial charge is 5.00 e. The predicted molar refractivity (Wildman–Crippen MR) is 129 cm³/mol. The van der Waals surface area contributed by atoms with Crippen LogP contribution < -0.4 is 0 Å². The topological polar surface area (TPSA) is 76.0 Å². The molecular weight excluding hydrogens is 721 g/mol. The van der Waals surface area contributed by atoms with E-state index in [0.29, 0.717) is 0 Å². The molecule has 0 spiro atoms. The van der Waals surface area contributed by atoms with E-state index in [1.165, 1.54) is 0 Å². The molecule has 0 aliphatic carbocycles. The van der Waals surface area contributed by atoms with Crippen molar-refractivity contribution in [3.05, 3.63) is 60.2 Å². The molecule has 0 bridgehead atoms. The van der Waals surface area contributed by atoms with Crippen molar-refractivity contribution in [2.45, 2.75) is 13.1 Å². The molecule has 2 aromatic heterocycles. The Morgan fingerprint density at radius 1 is 0.585 bits per heavy atom. The maximum absolute atomic E-state index is 10.7. The summed E-state index contributed by atoms with van der Waals surface area (Å²) in [6.07, 6.45) is 3.76. The van der Waals surface area contributed by atoms with Gasteiger partial charge in [-0.2, -0.15) is 0 Å².